The molecule has 31 heteroatoms. The highest BCUT2D eigenvalue weighted by Gasteiger charge is 2.68. The van der Waals surface area contributed by atoms with Crippen LogP contribution in [0, 0.1) is 17.6 Å². The van der Waals surface area contributed by atoms with E-state index in [2.05, 4.69) is 20.5 Å². The fraction of sp³-hybridized carbons (Fsp3) is 0.465. The molecule has 17 nitrogen and oxygen atoms in total. The van der Waals surface area contributed by atoms with Gasteiger partial charge in [-0.2, -0.15) is 58.0 Å². The second-order valence-corrected chi connectivity index (χ2v) is 24.9. The van der Waals surface area contributed by atoms with Crippen LogP contribution in [0.1, 0.15) is 79.0 Å². The molecule has 404 valence electrons. The molecule has 1 unspecified atom stereocenters. The Labute approximate surface area is 419 Å². The topological polar surface area (TPSA) is 230 Å². The van der Waals surface area contributed by atoms with Gasteiger partial charge >= 0.3 is 18.4 Å². The third-order valence-electron chi connectivity index (χ3n) is 12.4. The number of benzene rings is 2. The normalized spacial score (nSPS) is 17.2. The van der Waals surface area contributed by atoms with E-state index in [0.29, 0.717) is 12.3 Å². The van der Waals surface area contributed by atoms with Crippen LogP contribution in [0.25, 0.3) is 22.0 Å². The monoisotopic (exact) mass is 1140 g/mol. The Balaban J connectivity index is 1.44. The van der Waals surface area contributed by atoms with Gasteiger partial charge in [-0.25, -0.2) is 30.4 Å². The van der Waals surface area contributed by atoms with E-state index in [1.54, 1.807) is 0 Å². The molecule has 0 aliphatic heterocycles. The van der Waals surface area contributed by atoms with Crippen molar-refractivity contribution in [3.8, 4) is 11.1 Å². The molecule has 0 saturated heterocycles. The third kappa shape index (κ3) is 11.9. The Hall–Kier alpha value is -5.59. The minimum absolute atomic E-state index is 0.0124. The van der Waals surface area contributed by atoms with Gasteiger partial charge in [0.15, 0.2) is 21.3 Å². The van der Waals surface area contributed by atoms with Crippen molar-refractivity contribution in [3.05, 3.63) is 93.0 Å². The largest absolute Gasteiger partial charge is 0.448 e. The Kier molecular flexibility index (Phi) is 14.8. The number of fused-ring (bicyclic) bond motifs is 4. The van der Waals surface area contributed by atoms with Crippen LogP contribution in [0.4, 0.5) is 54.5 Å². The van der Waals surface area contributed by atoms with Gasteiger partial charge in [0.2, 0.25) is 15.9 Å². The van der Waals surface area contributed by atoms with Crippen LogP contribution >= 0.6 is 11.6 Å². The first-order valence-electron chi connectivity index (χ1n) is 21.8. The number of sulfone groups is 1. The molecule has 1 saturated carbocycles. The predicted octanol–water partition coefficient (Wildman–Crippen LogP) is 8.05. The molecule has 3 atom stereocenters. The van der Waals surface area contributed by atoms with Gasteiger partial charge in [-0.05, 0) is 81.7 Å². The number of alkyl halides is 8. The van der Waals surface area contributed by atoms with Crippen molar-refractivity contribution in [2.45, 2.75) is 94.0 Å². The Morgan fingerprint density at radius 3 is 2.16 bits per heavy atom. The van der Waals surface area contributed by atoms with Crippen molar-refractivity contribution in [1.82, 2.24) is 29.9 Å². The molecule has 3 heterocycles. The summed E-state index contributed by atoms with van der Waals surface area (Å²) in [6.45, 7) is -1.43. The number of carbonyl (C=O) groups is 2. The molecule has 2 amide bonds. The lowest BCUT2D eigenvalue weighted by Crippen LogP contribution is -2.37. The number of nitrogens with zero attached hydrogens (tertiary/aromatic N) is 6. The summed E-state index contributed by atoms with van der Waals surface area (Å²) in [7, 11) is -13.3. The summed E-state index contributed by atoms with van der Waals surface area (Å²) in [5.74, 6) is -12.3. The first kappa shape index (κ1) is 56.1. The van der Waals surface area contributed by atoms with Crippen molar-refractivity contribution in [2.24, 2.45) is 5.92 Å². The van der Waals surface area contributed by atoms with Gasteiger partial charge in [0.25, 0.3) is 16.0 Å². The van der Waals surface area contributed by atoms with E-state index in [1.807, 2.05) is 0 Å². The zero-order valence-corrected chi connectivity index (χ0v) is 42.0. The lowest BCUT2D eigenvalue weighted by molar-refractivity contribution is -0.143. The number of aromatic nitrogens is 5. The first-order valence-corrected chi connectivity index (χ1v) is 27.5. The molecular weight excluding hydrogens is 1100 g/mol. The van der Waals surface area contributed by atoms with E-state index in [-0.39, 0.29) is 49.8 Å². The Morgan fingerprint density at radius 2 is 1.58 bits per heavy atom. The number of aryl methyl sites for hydroxylation is 1. The molecule has 2 aliphatic rings. The highest BCUT2D eigenvalue weighted by Crippen LogP contribution is 2.68. The van der Waals surface area contributed by atoms with Crippen LogP contribution in [0.5, 0.6) is 0 Å². The summed E-state index contributed by atoms with van der Waals surface area (Å²) in [5, 5.41) is 8.41. The number of rotatable bonds is 18. The molecular formula is C43H42ClF10N7O10S3. The summed E-state index contributed by atoms with van der Waals surface area (Å²) in [4.78, 5) is 32.3. The molecule has 0 spiro atoms. The minimum atomic E-state index is -5.24. The Morgan fingerprint density at radius 1 is 0.946 bits per heavy atom. The molecule has 2 N–H and O–H groups in total. The average Bonchev–Trinajstić information content (AvgIpc) is 3.75. The molecule has 2 aliphatic carbocycles. The number of carbonyl (C=O) groups excluding carboxylic acids is 2. The molecule has 0 radical (unpaired) electrons. The fourth-order valence-corrected chi connectivity index (χ4v) is 10.6. The van der Waals surface area contributed by atoms with Crippen LogP contribution in [0.15, 0.2) is 42.5 Å². The highest BCUT2D eigenvalue weighted by molar-refractivity contribution is 7.93. The third-order valence-corrected chi connectivity index (χ3v) is 16.7. The van der Waals surface area contributed by atoms with Crippen LogP contribution in [-0.4, -0.2) is 102 Å². The second-order valence-electron chi connectivity index (χ2n) is 18.4. The van der Waals surface area contributed by atoms with E-state index in [9.17, 15) is 70.0 Å². The molecule has 1 fully saturated rings. The van der Waals surface area contributed by atoms with Crippen molar-refractivity contribution in [2.75, 3.05) is 29.2 Å². The molecule has 3 aromatic heterocycles. The lowest BCUT2D eigenvalue weighted by Gasteiger charge is -2.25. The number of pyridine rings is 1. The van der Waals surface area contributed by atoms with Crippen LogP contribution < -0.4 is 9.62 Å². The number of hydrogen-bond donors (Lipinski definition) is 2. The van der Waals surface area contributed by atoms with Gasteiger partial charge in [-0.3, -0.25) is 23.7 Å². The maximum absolute atomic E-state index is 15.6. The zero-order valence-electron chi connectivity index (χ0n) is 38.8. The first-order chi connectivity index (χ1) is 33.9. The number of amides is 2. The molecule has 0 bridgehead atoms. The van der Waals surface area contributed by atoms with Crippen molar-refractivity contribution in [1.29, 1.82) is 0 Å². The van der Waals surface area contributed by atoms with E-state index < -0.39 is 183 Å². The van der Waals surface area contributed by atoms with Gasteiger partial charge in [0.05, 0.1) is 51.0 Å². The average molecular weight is 1140 g/mol. The number of sulfonamides is 1. The maximum Gasteiger partial charge on any atom is 0.435 e. The van der Waals surface area contributed by atoms with E-state index >= 15 is 8.78 Å². The van der Waals surface area contributed by atoms with Crippen molar-refractivity contribution >= 4 is 70.3 Å². The SMILES string of the molecule is CC(C)(CCc1ccc(-c2ccc(Cl)c3c(N(C(=O)OCCCS(=O)(=O)O)S(C)(=O)=O)nn(CC(F)(F)F)c23)c([C@H](Cc2cc(F)cc(F)c2)NC(=O)Cn2nc(C(F)(F)F)c3c2C(F)(F)[C@@H]2CC32)n1)S(C)(=O)=O. The van der Waals surface area contributed by atoms with Gasteiger partial charge in [-0.15, -0.1) is 0 Å². The van der Waals surface area contributed by atoms with E-state index in [4.69, 9.17) is 20.9 Å². The van der Waals surface area contributed by atoms with Gasteiger partial charge < -0.3 is 10.1 Å². The predicted molar refractivity (Wildman–Crippen MR) is 244 cm³/mol. The van der Waals surface area contributed by atoms with Gasteiger partial charge in [0, 0.05) is 40.6 Å². The second kappa shape index (κ2) is 19.5. The van der Waals surface area contributed by atoms with Crippen LogP contribution in [0.3, 0.4) is 0 Å². The number of ether oxygens (including phenoxy) is 1. The molecule has 7 rings (SSSR count). The summed E-state index contributed by atoms with van der Waals surface area (Å²) in [5.41, 5.74) is -5.65. The van der Waals surface area contributed by atoms with Gasteiger partial charge in [-0.1, -0.05) is 23.7 Å². The number of nitrogens with one attached hydrogen (secondary N) is 1. The number of anilines is 1. The minimum Gasteiger partial charge on any atom is -0.448 e. The smallest absolute Gasteiger partial charge is 0.435 e. The van der Waals surface area contributed by atoms with E-state index in [1.165, 1.54) is 26.0 Å². The molecule has 2 aromatic carbocycles. The number of hydrogen-bond acceptors (Lipinski definition) is 12. The lowest BCUT2D eigenvalue weighted by atomic mass is 9.93. The summed E-state index contributed by atoms with van der Waals surface area (Å²) >= 11 is 6.59. The van der Waals surface area contributed by atoms with Crippen molar-refractivity contribution < 1.29 is 88.0 Å². The summed E-state index contributed by atoms with van der Waals surface area (Å²) in [6, 6.07) is 4.87. The summed E-state index contributed by atoms with van der Waals surface area (Å²) < 4.78 is 234. The van der Waals surface area contributed by atoms with Crippen LogP contribution in [-0.2, 0) is 77.5 Å². The highest BCUT2D eigenvalue weighted by atomic mass is 35.5. The van der Waals surface area contributed by atoms with Gasteiger partial charge in [0.1, 0.15) is 30.4 Å². The zero-order chi connectivity index (χ0) is 55.1. The quantitative estimate of drug-likeness (QED) is 0.0481. The fourth-order valence-electron chi connectivity index (χ4n) is 8.66. The summed E-state index contributed by atoms with van der Waals surface area (Å²) in [6.07, 6.45) is -12.8. The standard InChI is InChI=1S/C43H42ClF10N7O10S3/c1-40(2,72(3,64)65)11-10-24-6-7-25(26-8-9-29(44)33-35(26)60(20-41(47,48)49)58-38(33)61(73(4,66)67)39(63)71-12-5-13-74(68,69)70)34(55-24)30(16-21-14-22(45)17-23(46)15-21)56-31(62)19-59-37-32(36(57-59)43(52,53)54)27-18-28(27)42(37,50)51/h6-9,14-15,17,27-28,30H,5,10-13,16,18-20H2,1-4H3,(H,56,62)(H,68,69,70)/t27?,28-,30+/m1/s1. The number of halogens is 11. The maximum atomic E-state index is 15.6. The van der Waals surface area contributed by atoms with E-state index in [0.717, 1.165) is 30.5 Å². The van der Waals surface area contributed by atoms with Crippen molar-refractivity contribution in [3.63, 3.8) is 0 Å². The molecule has 74 heavy (non-hydrogen) atoms. The van der Waals surface area contributed by atoms with Crippen LogP contribution in [0.2, 0.25) is 5.02 Å². The Bertz CT molecular complexity index is 3400. The molecule has 5 aromatic rings.